The van der Waals surface area contributed by atoms with Crippen molar-refractivity contribution in [3.8, 4) is 11.4 Å². The first-order valence-electron chi connectivity index (χ1n) is 6.23. The van der Waals surface area contributed by atoms with Gasteiger partial charge in [0.05, 0.1) is 17.0 Å². The summed E-state index contributed by atoms with van der Waals surface area (Å²) in [5.41, 5.74) is 0.633. The van der Waals surface area contributed by atoms with E-state index in [9.17, 15) is 18.0 Å². The molecule has 8 heteroatoms. The molecule has 0 aliphatic rings. The van der Waals surface area contributed by atoms with E-state index in [1.165, 1.54) is 22.9 Å². The van der Waals surface area contributed by atoms with Crippen LogP contribution >= 0.6 is 0 Å². The largest absolute Gasteiger partial charge is 0.476 e. The Hall–Kier alpha value is -2.77. The number of aromatic carboxylic acids is 1. The highest BCUT2D eigenvalue weighted by Gasteiger charge is 2.30. The molecule has 0 bridgehead atoms. The maximum absolute atomic E-state index is 12.7. The molecule has 2 N–H and O–H groups in total. The lowest BCUT2D eigenvalue weighted by molar-refractivity contribution is -0.137. The lowest BCUT2D eigenvalue weighted by atomic mass is 10.1. The quantitative estimate of drug-likeness (QED) is 0.763. The average molecular weight is 309 g/mol. The molecule has 0 saturated carbocycles. The number of nitrogens with zero attached hydrogens (tertiary/aromatic N) is 2. The summed E-state index contributed by atoms with van der Waals surface area (Å²) in [4.78, 5) is 13.9. The summed E-state index contributed by atoms with van der Waals surface area (Å²) in [7, 11) is 1.56. The Balaban J connectivity index is 2.11. The summed E-state index contributed by atoms with van der Waals surface area (Å²) < 4.78 is 39.5. The number of aromatic nitrogens is 3. The van der Waals surface area contributed by atoms with Gasteiger partial charge in [0.25, 0.3) is 0 Å². The van der Waals surface area contributed by atoms with Crippen molar-refractivity contribution in [2.75, 3.05) is 0 Å². The molecule has 22 heavy (non-hydrogen) atoms. The number of hydrogen-bond acceptors (Lipinski definition) is 2. The predicted octanol–water partition coefficient (Wildman–Crippen LogP) is 3.29. The van der Waals surface area contributed by atoms with Crippen LogP contribution in [-0.4, -0.2) is 25.8 Å². The number of carboxylic acids is 1. The molecule has 114 valence electrons. The number of benzene rings is 1. The second-order valence-electron chi connectivity index (χ2n) is 4.83. The first-order chi connectivity index (χ1) is 10.3. The highest BCUT2D eigenvalue weighted by molar-refractivity contribution is 5.89. The van der Waals surface area contributed by atoms with Crippen LogP contribution in [0.5, 0.6) is 0 Å². The van der Waals surface area contributed by atoms with Gasteiger partial charge in [-0.05, 0) is 24.3 Å². The van der Waals surface area contributed by atoms with Crippen LogP contribution in [0.1, 0.15) is 16.1 Å². The van der Waals surface area contributed by atoms with Gasteiger partial charge in [-0.15, -0.1) is 0 Å². The Bertz CT molecular complexity index is 877. The van der Waals surface area contributed by atoms with Crippen LogP contribution in [0.3, 0.4) is 0 Å². The summed E-state index contributed by atoms with van der Waals surface area (Å²) >= 11 is 0. The van der Waals surface area contributed by atoms with Gasteiger partial charge in [-0.1, -0.05) is 0 Å². The van der Waals surface area contributed by atoms with Gasteiger partial charge in [0.1, 0.15) is 0 Å². The highest BCUT2D eigenvalue weighted by Crippen LogP contribution is 2.33. The van der Waals surface area contributed by atoms with Gasteiger partial charge < -0.3 is 10.1 Å². The maximum Gasteiger partial charge on any atom is 0.416 e. The van der Waals surface area contributed by atoms with Crippen molar-refractivity contribution in [1.82, 2.24) is 14.8 Å². The van der Waals surface area contributed by atoms with Crippen LogP contribution in [0.25, 0.3) is 22.3 Å². The fourth-order valence-electron chi connectivity index (χ4n) is 2.27. The number of alkyl halides is 3. The van der Waals surface area contributed by atoms with E-state index in [0.717, 1.165) is 12.1 Å². The van der Waals surface area contributed by atoms with E-state index in [4.69, 9.17) is 5.11 Å². The SMILES string of the molecule is Cn1nc(C(=O)O)cc1-c1cc2cc(C(F)(F)F)ccc2[nH]1. The van der Waals surface area contributed by atoms with Gasteiger partial charge in [-0.3, -0.25) is 4.68 Å². The summed E-state index contributed by atoms with van der Waals surface area (Å²) in [6, 6.07) is 6.28. The van der Waals surface area contributed by atoms with Gasteiger partial charge >= 0.3 is 12.1 Å². The lowest BCUT2D eigenvalue weighted by Gasteiger charge is -2.05. The third-order valence-electron chi connectivity index (χ3n) is 3.32. The van der Waals surface area contributed by atoms with E-state index >= 15 is 0 Å². The van der Waals surface area contributed by atoms with Crippen molar-refractivity contribution < 1.29 is 23.1 Å². The molecular weight excluding hydrogens is 299 g/mol. The van der Waals surface area contributed by atoms with Crippen molar-refractivity contribution in [2.45, 2.75) is 6.18 Å². The second kappa shape index (κ2) is 4.62. The zero-order valence-corrected chi connectivity index (χ0v) is 11.3. The van der Waals surface area contributed by atoms with Crippen molar-refractivity contribution in [3.05, 3.63) is 41.6 Å². The molecule has 3 rings (SSSR count). The molecule has 0 aliphatic heterocycles. The number of carbonyl (C=O) groups is 1. The van der Waals surface area contributed by atoms with E-state index in [2.05, 4.69) is 10.1 Å². The van der Waals surface area contributed by atoms with Crippen molar-refractivity contribution in [3.63, 3.8) is 0 Å². The Morgan fingerprint density at radius 3 is 2.59 bits per heavy atom. The first-order valence-corrected chi connectivity index (χ1v) is 6.23. The van der Waals surface area contributed by atoms with E-state index in [-0.39, 0.29) is 5.69 Å². The number of rotatable bonds is 2. The second-order valence-corrected chi connectivity index (χ2v) is 4.83. The normalized spacial score (nSPS) is 12.0. The highest BCUT2D eigenvalue weighted by atomic mass is 19.4. The summed E-state index contributed by atoms with van der Waals surface area (Å²) in [6.07, 6.45) is -4.41. The molecule has 0 aliphatic carbocycles. The molecule has 0 unspecified atom stereocenters. The molecular formula is C14H10F3N3O2. The Morgan fingerprint density at radius 1 is 1.27 bits per heavy atom. The molecule has 2 heterocycles. The molecule has 0 spiro atoms. The number of fused-ring (bicyclic) bond motifs is 1. The van der Waals surface area contributed by atoms with Gasteiger partial charge in [-0.25, -0.2) is 4.79 Å². The molecule has 1 aromatic carbocycles. The summed E-state index contributed by atoms with van der Waals surface area (Å²) in [5, 5.41) is 13.1. The zero-order chi connectivity index (χ0) is 16.1. The zero-order valence-electron chi connectivity index (χ0n) is 11.3. The van der Waals surface area contributed by atoms with Gasteiger partial charge in [0.2, 0.25) is 0 Å². The van der Waals surface area contributed by atoms with Crippen LogP contribution in [-0.2, 0) is 13.2 Å². The average Bonchev–Trinajstić information content (AvgIpc) is 2.99. The Labute approximate surface area is 122 Å². The number of aryl methyl sites for hydroxylation is 1. The van der Waals surface area contributed by atoms with Crippen LogP contribution in [0, 0.1) is 0 Å². The minimum atomic E-state index is -4.41. The minimum Gasteiger partial charge on any atom is -0.476 e. The van der Waals surface area contributed by atoms with Crippen molar-refractivity contribution in [1.29, 1.82) is 0 Å². The number of H-pyrrole nitrogens is 1. The molecule has 5 nitrogen and oxygen atoms in total. The van der Waals surface area contributed by atoms with Crippen LogP contribution < -0.4 is 0 Å². The number of aromatic amines is 1. The fourth-order valence-corrected chi connectivity index (χ4v) is 2.27. The lowest BCUT2D eigenvalue weighted by Crippen LogP contribution is -2.03. The van der Waals surface area contributed by atoms with E-state index in [1.54, 1.807) is 7.05 Å². The number of nitrogens with one attached hydrogen (secondary N) is 1. The molecule has 0 amide bonds. The molecule has 0 atom stereocenters. The predicted molar refractivity (Wildman–Crippen MR) is 72.5 cm³/mol. The topological polar surface area (TPSA) is 70.9 Å². The summed E-state index contributed by atoms with van der Waals surface area (Å²) in [5.74, 6) is -1.17. The molecule has 0 saturated heterocycles. The smallest absolute Gasteiger partial charge is 0.416 e. The van der Waals surface area contributed by atoms with Crippen molar-refractivity contribution >= 4 is 16.9 Å². The van der Waals surface area contributed by atoms with Gasteiger partial charge in [0, 0.05) is 24.0 Å². The monoisotopic (exact) mass is 309 g/mol. The van der Waals surface area contributed by atoms with Crippen molar-refractivity contribution in [2.24, 2.45) is 7.05 Å². The summed E-state index contributed by atoms with van der Waals surface area (Å²) in [6.45, 7) is 0. The van der Waals surface area contributed by atoms with E-state index < -0.39 is 17.7 Å². The van der Waals surface area contributed by atoms with Gasteiger partial charge in [-0.2, -0.15) is 18.3 Å². The molecule has 2 aromatic heterocycles. The minimum absolute atomic E-state index is 0.132. The molecule has 0 radical (unpaired) electrons. The third-order valence-corrected chi connectivity index (χ3v) is 3.32. The first kappa shape index (κ1) is 14.2. The Morgan fingerprint density at radius 2 is 2.00 bits per heavy atom. The molecule has 0 fully saturated rings. The standard InChI is InChI=1S/C14H10F3N3O2/c1-20-12(6-11(19-20)13(21)22)10-5-7-4-8(14(15,16)17)2-3-9(7)18-10/h2-6,18H,1H3,(H,21,22). The van der Waals surface area contributed by atoms with E-state index in [1.807, 2.05) is 0 Å². The third kappa shape index (κ3) is 2.32. The number of hydrogen-bond donors (Lipinski definition) is 2. The Kier molecular flexibility index (Phi) is 2.98. The van der Waals surface area contributed by atoms with E-state index in [0.29, 0.717) is 22.3 Å². The van der Waals surface area contributed by atoms with Gasteiger partial charge in [0.15, 0.2) is 5.69 Å². The number of carboxylic acid groups (broad SMARTS) is 1. The van der Waals surface area contributed by atoms with Crippen LogP contribution in [0.2, 0.25) is 0 Å². The van der Waals surface area contributed by atoms with Crippen LogP contribution in [0.15, 0.2) is 30.3 Å². The van der Waals surface area contributed by atoms with Crippen LogP contribution in [0.4, 0.5) is 13.2 Å². The number of halogens is 3. The fraction of sp³-hybridized carbons (Fsp3) is 0.143. The molecule has 3 aromatic rings. The maximum atomic E-state index is 12.7.